The van der Waals surface area contributed by atoms with Crippen molar-refractivity contribution in [2.24, 2.45) is 4.99 Å². The Bertz CT molecular complexity index is 287. The van der Waals surface area contributed by atoms with Crippen molar-refractivity contribution in [3.8, 4) is 0 Å². The Hall–Kier alpha value is -1.09. The number of hydrogen-bond donors (Lipinski definition) is 0. The summed E-state index contributed by atoms with van der Waals surface area (Å²) >= 11 is 1.64. The largest absolute Gasteiger partial charge is 0.446 e. The molecule has 0 aliphatic carbocycles. The van der Waals surface area contributed by atoms with Crippen molar-refractivity contribution >= 4 is 17.2 Å². The Morgan fingerprint density at radius 3 is 3.18 bits per heavy atom. The topological polar surface area (TPSA) is 21.6 Å². The van der Waals surface area contributed by atoms with Crippen LogP contribution in [0.3, 0.4) is 0 Å². The molecular weight excluding hydrogens is 158 g/mol. The summed E-state index contributed by atoms with van der Waals surface area (Å²) < 4.78 is 5.20. The molecule has 0 aromatic carbocycles. The van der Waals surface area contributed by atoms with Crippen molar-refractivity contribution in [2.75, 3.05) is 6.54 Å². The van der Waals surface area contributed by atoms with Crippen LogP contribution in [0.2, 0.25) is 0 Å². The van der Waals surface area contributed by atoms with E-state index in [1.165, 1.54) is 0 Å². The third-order valence-corrected chi connectivity index (χ3v) is 2.21. The van der Waals surface area contributed by atoms with Crippen LogP contribution < -0.4 is 0 Å². The molecule has 1 aromatic heterocycles. The monoisotopic (exact) mass is 165 g/mol. The molecule has 0 radical (unpaired) electrons. The first kappa shape index (κ1) is 6.61. The summed E-state index contributed by atoms with van der Waals surface area (Å²) in [7, 11) is 0. The maximum atomic E-state index is 5.20. The van der Waals surface area contributed by atoms with E-state index in [1.54, 1.807) is 17.6 Å². The first-order valence-electron chi connectivity index (χ1n) is 3.37. The number of hydrogen-bond acceptors (Lipinski definition) is 3. The molecule has 1 aromatic rings. The van der Waals surface area contributed by atoms with E-state index in [0.29, 0.717) is 0 Å². The minimum atomic E-state index is 0.729. The maximum absolute atomic E-state index is 5.20. The zero-order valence-electron chi connectivity index (χ0n) is 5.86. The predicted molar refractivity (Wildman–Crippen MR) is 45.9 cm³/mol. The zero-order valence-corrected chi connectivity index (χ0v) is 6.67. The van der Waals surface area contributed by atoms with Crippen LogP contribution in [0.15, 0.2) is 34.8 Å². The van der Waals surface area contributed by atoms with Crippen molar-refractivity contribution in [1.29, 1.82) is 0 Å². The van der Waals surface area contributed by atoms with Gasteiger partial charge < -0.3 is 4.74 Å². The highest BCUT2D eigenvalue weighted by atomic mass is 32.1. The lowest BCUT2D eigenvalue weighted by molar-refractivity contribution is 0.463. The Kier molecular flexibility index (Phi) is 1.73. The van der Waals surface area contributed by atoms with Crippen LogP contribution in [0.4, 0.5) is 0 Å². The summed E-state index contributed by atoms with van der Waals surface area (Å²) in [4.78, 5) is 5.28. The maximum Gasteiger partial charge on any atom is 0.231 e. The lowest BCUT2D eigenvalue weighted by Gasteiger charge is -2.05. The second kappa shape index (κ2) is 2.88. The standard InChI is InChI=1S/C8H7NOS/c1-3-7(11-6-1)8-9-4-2-5-10-8/h1-3,5-6H,4H2. The Labute approximate surface area is 68.8 Å². The van der Waals surface area contributed by atoms with E-state index < -0.39 is 0 Å². The van der Waals surface area contributed by atoms with E-state index in [1.807, 2.05) is 23.6 Å². The van der Waals surface area contributed by atoms with E-state index in [9.17, 15) is 0 Å². The average molecular weight is 165 g/mol. The number of nitrogens with zero attached hydrogens (tertiary/aromatic N) is 1. The molecule has 0 N–H and O–H groups in total. The molecule has 0 fully saturated rings. The normalized spacial score (nSPS) is 15.8. The molecule has 0 atom stereocenters. The van der Waals surface area contributed by atoms with E-state index >= 15 is 0 Å². The van der Waals surface area contributed by atoms with E-state index in [4.69, 9.17) is 4.74 Å². The van der Waals surface area contributed by atoms with Crippen LogP contribution in [-0.4, -0.2) is 12.4 Å². The van der Waals surface area contributed by atoms with Crippen LogP contribution >= 0.6 is 11.3 Å². The molecule has 0 bridgehead atoms. The summed E-state index contributed by atoms with van der Waals surface area (Å²) in [6.45, 7) is 0.729. The van der Waals surface area contributed by atoms with E-state index in [2.05, 4.69) is 4.99 Å². The third kappa shape index (κ3) is 1.33. The third-order valence-electron chi connectivity index (χ3n) is 1.35. The van der Waals surface area contributed by atoms with Gasteiger partial charge in [-0.1, -0.05) is 6.07 Å². The number of thiophene rings is 1. The molecule has 1 aliphatic rings. The molecule has 2 nitrogen and oxygen atoms in total. The first-order valence-corrected chi connectivity index (χ1v) is 4.25. The zero-order chi connectivity index (χ0) is 7.52. The van der Waals surface area contributed by atoms with E-state index in [0.717, 1.165) is 17.3 Å². The summed E-state index contributed by atoms with van der Waals surface area (Å²) in [6.07, 6.45) is 3.57. The Morgan fingerprint density at radius 2 is 2.55 bits per heavy atom. The van der Waals surface area contributed by atoms with Gasteiger partial charge >= 0.3 is 0 Å². The Morgan fingerprint density at radius 1 is 1.55 bits per heavy atom. The van der Waals surface area contributed by atoms with Crippen LogP contribution in [0, 0.1) is 0 Å². The molecule has 1 aliphatic heterocycles. The highest BCUT2D eigenvalue weighted by Crippen LogP contribution is 2.12. The van der Waals surface area contributed by atoms with Crippen molar-refractivity contribution in [1.82, 2.24) is 0 Å². The van der Waals surface area contributed by atoms with Gasteiger partial charge in [-0.2, -0.15) is 0 Å². The van der Waals surface area contributed by atoms with Gasteiger partial charge in [0.25, 0.3) is 0 Å². The minimum Gasteiger partial charge on any atom is -0.446 e. The smallest absolute Gasteiger partial charge is 0.231 e. The van der Waals surface area contributed by atoms with Crippen LogP contribution in [0.25, 0.3) is 0 Å². The molecule has 56 valence electrons. The minimum absolute atomic E-state index is 0.729. The number of aliphatic imine (C=N–C) groups is 1. The van der Waals surface area contributed by atoms with Gasteiger partial charge in [0, 0.05) is 0 Å². The quantitative estimate of drug-likeness (QED) is 0.624. The fraction of sp³-hybridized carbons (Fsp3) is 0.125. The van der Waals surface area contributed by atoms with Crippen molar-refractivity contribution in [2.45, 2.75) is 0 Å². The van der Waals surface area contributed by atoms with Crippen molar-refractivity contribution in [3.63, 3.8) is 0 Å². The van der Waals surface area contributed by atoms with Gasteiger partial charge in [0.2, 0.25) is 5.90 Å². The van der Waals surface area contributed by atoms with Crippen molar-refractivity contribution in [3.05, 3.63) is 34.7 Å². The molecule has 0 saturated carbocycles. The van der Waals surface area contributed by atoms with Gasteiger partial charge in [0.05, 0.1) is 17.7 Å². The first-order chi connectivity index (χ1) is 5.47. The molecule has 2 rings (SSSR count). The van der Waals surface area contributed by atoms with E-state index in [-0.39, 0.29) is 0 Å². The summed E-state index contributed by atoms with van der Waals surface area (Å²) in [5, 5.41) is 2.01. The fourth-order valence-corrected chi connectivity index (χ4v) is 1.54. The SMILES string of the molecule is C1=COC(c2cccs2)=NC1. The molecule has 0 amide bonds. The van der Waals surface area contributed by atoms with Crippen LogP contribution in [-0.2, 0) is 4.74 Å². The Balaban J connectivity index is 2.24. The molecular formula is C8H7NOS. The van der Waals surface area contributed by atoms with Gasteiger partial charge in [0.15, 0.2) is 0 Å². The molecule has 3 heteroatoms. The molecule has 11 heavy (non-hydrogen) atoms. The average Bonchev–Trinajstić information content (AvgIpc) is 2.58. The summed E-state index contributed by atoms with van der Waals surface area (Å²) in [5.41, 5.74) is 0. The lowest BCUT2D eigenvalue weighted by Crippen LogP contribution is -2.04. The molecule has 0 saturated heterocycles. The van der Waals surface area contributed by atoms with Crippen LogP contribution in [0.1, 0.15) is 4.88 Å². The second-order valence-electron chi connectivity index (χ2n) is 2.11. The van der Waals surface area contributed by atoms with Gasteiger partial charge in [-0.25, -0.2) is 4.99 Å². The van der Waals surface area contributed by atoms with Crippen LogP contribution in [0.5, 0.6) is 0 Å². The van der Waals surface area contributed by atoms with Gasteiger partial charge in [-0.3, -0.25) is 0 Å². The second-order valence-corrected chi connectivity index (χ2v) is 3.06. The summed E-state index contributed by atoms with van der Waals surface area (Å²) in [6, 6.07) is 3.99. The van der Waals surface area contributed by atoms with Gasteiger partial charge in [-0.05, 0) is 17.5 Å². The lowest BCUT2D eigenvalue weighted by atomic mass is 10.4. The molecule has 0 spiro atoms. The molecule has 0 unspecified atom stereocenters. The number of rotatable bonds is 1. The summed E-state index contributed by atoms with van der Waals surface area (Å²) in [5.74, 6) is 0.738. The van der Waals surface area contributed by atoms with Gasteiger partial charge in [-0.15, -0.1) is 11.3 Å². The predicted octanol–water partition coefficient (Wildman–Crippen LogP) is 2.04. The van der Waals surface area contributed by atoms with Crippen molar-refractivity contribution < 1.29 is 4.74 Å². The van der Waals surface area contributed by atoms with Gasteiger partial charge in [0.1, 0.15) is 0 Å². The molecule has 2 heterocycles. The highest BCUT2D eigenvalue weighted by molar-refractivity contribution is 7.12. The highest BCUT2D eigenvalue weighted by Gasteiger charge is 2.05. The number of ether oxygens (including phenoxy) is 1. The fourth-order valence-electron chi connectivity index (χ4n) is 0.865.